The van der Waals surface area contributed by atoms with Gasteiger partial charge in [0.2, 0.25) is 0 Å². The number of aliphatic carboxylic acids is 2. The fourth-order valence-corrected chi connectivity index (χ4v) is 12.1. The van der Waals surface area contributed by atoms with E-state index in [0.29, 0.717) is 18.6 Å². The van der Waals surface area contributed by atoms with Crippen molar-refractivity contribution in [3.63, 3.8) is 0 Å². The van der Waals surface area contributed by atoms with Crippen LogP contribution in [-0.4, -0.2) is 27.3 Å². The summed E-state index contributed by atoms with van der Waals surface area (Å²) in [5.41, 5.74) is 2.00. The van der Waals surface area contributed by atoms with Crippen LogP contribution in [0.25, 0.3) is 0 Å². The van der Waals surface area contributed by atoms with Gasteiger partial charge in [-0.1, -0.05) is 264 Å². The fraction of sp³-hybridized carbons (Fsp3) is 0.864. The summed E-state index contributed by atoms with van der Waals surface area (Å²) in [5.74, 6) is -2.04. The second-order valence-electron chi connectivity index (χ2n) is 21.4. The molecule has 5 nitrogen and oxygen atoms in total. The molecule has 5 heteroatoms. The number of rotatable bonds is 40. The second-order valence-corrected chi connectivity index (χ2v) is 21.4. The monoisotopic (exact) mass is 893 g/mol. The van der Waals surface area contributed by atoms with Crippen molar-refractivity contribution >= 4 is 11.9 Å². The standard InChI is InChI=1S/C59H104O5/c1-4-6-8-10-12-14-16-18-20-22-24-26-28-30-32-40-46-54(52-48-53(50-42-36-34-37-43-50)56(60)55(49(52)3)51-44-38-35-39-45-51)59(57(61)62,58(63)64)47-41-33-31-29-27-25-23-21-19-17-15-13-11-9-7-5-2/h48,50-51,54,60H,4-47H2,1-3H3,(H,61,62)(H,63,64). The molecule has 1 atom stereocenters. The second kappa shape index (κ2) is 35.2. The first-order valence-corrected chi connectivity index (χ1v) is 28.6. The molecular weight excluding hydrogens is 789 g/mol. The van der Waals surface area contributed by atoms with Crippen LogP contribution >= 0.6 is 0 Å². The molecule has 64 heavy (non-hydrogen) atoms. The van der Waals surface area contributed by atoms with Crippen LogP contribution < -0.4 is 0 Å². The maximum absolute atomic E-state index is 13.8. The number of aromatic hydroxyl groups is 1. The van der Waals surface area contributed by atoms with Gasteiger partial charge in [-0.2, -0.15) is 0 Å². The quantitative estimate of drug-likeness (QED) is 0.0451. The number of carbonyl (C=O) groups is 2. The number of carboxylic acid groups (broad SMARTS) is 2. The highest BCUT2D eigenvalue weighted by atomic mass is 16.4. The summed E-state index contributed by atoms with van der Waals surface area (Å²) < 4.78 is 0. The first kappa shape index (κ1) is 56.3. The fourth-order valence-electron chi connectivity index (χ4n) is 12.1. The van der Waals surface area contributed by atoms with Gasteiger partial charge in [-0.25, -0.2) is 0 Å². The average molecular weight is 893 g/mol. The highest BCUT2D eigenvalue weighted by molar-refractivity contribution is 5.99. The maximum atomic E-state index is 13.8. The van der Waals surface area contributed by atoms with Gasteiger partial charge in [0.25, 0.3) is 0 Å². The van der Waals surface area contributed by atoms with Gasteiger partial charge in [-0.05, 0) is 74.0 Å². The van der Waals surface area contributed by atoms with E-state index in [1.54, 1.807) is 0 Å². The van der Waals surface area contributed by atoms with E-state index in [4.69, 9.17) is 0 Å². The number of phenolic OH excluding ortho intramolecular Hbond substituents is 1. The van der Waals surface area contributed by atoms with E-state index in [2.05, 4.69) is 26.8 Å². The molecule has 0 heterocycles. The molecule has 0 aromatic heterocycles. The molecule has 3 N–H and O–H groups in total. The van der Waals surface area contributed by atoms with Gasteiger partial charge >= 0.3 is 11.9 Å². The summed E-state index contributed by atoms with van der Waals surface area (Å²) in [5, 5.41) is 34.6. The molecule has 1 aromatic rings. The molecule has 3 rings (SSSR count). The molecule has 370 valence electrons. The molecule has 1 aromatic carbocycles. The molecule has 0 aliphatic heterocycles. The van der Waals surface area contributed by atoms with Crippen molar-refractivity contribution in [3.05, 3.63) is 28.3 Å². The Kier molecular flexibility index (Phi) is 30.9. The topological polar surface area (TPSA) is 94.8 Å². The Morgan fingerprint density at radius 1 is 0.500 bits per heavy atom. The van der Waals surface area contributed by atoms with E-state index in [1.807, 2.05) is 0 Å². The van der Waals surface area contributed by atoms with Crippen molar-refractivity contribution in [3.8, 4) is 5.75 Å². The summed E-state index contributed by atoms with van der Waals surface area (Å²) in [4.78, 5) is 27.5. The minimum absolute atomic E-state index is 0.164. The first-order chi connectivity index (χ1) is 31.3. The molecule has 0 spiro atoms. The van der Waals surface area contributed by atoms with Crippen LogP contribution in [-0.2, 0) is 9.59 Å². The lowest BCUT2D eigenvalue weighted by Crippen LogP contribution is -2.45. The molecule has 0 saturated heterocycles. The van der Waals surface area contributed by atoms with Crippen LogP contribution in [0.2, 0.25) is 0 Å². The van der Waals surface area contributed by atoms with E-state index in [9.17, 15) is 24.9 Å². The van der Waals surface area contributed by atoms with Gasteiger partial charge in [-0.15, -0.1) is 0 Å². The third kappa shape index (κ3) is 20.4. The number of carboxylic acids is 2. The molecule has 2 fully saturated rings. The third-order valence-corrected chi connectivity index (χ3v) is 16.2. The minimum atomic E-state index is -1.89. The summed E-state index contributed by atoms with van der Waals surface area (Å²) in [6.07, 6.45) is 52.0. The Morgan fingerprint density at radius 2 is 0.828 bits per heavy atom. The number of hydrogen-bond donors (Lipinski definition) is 3. The van der Waals surface area contributed by atoms with Gasteiger partial charge in [0, 0.05) is 11.5 Å². The highest BCUT2D eigenvalue weighted by Crippen LogP contribution is 2.52. The van der Waals surface area contributed by atoms with Gasteiger partial charge in [0.05, 0.1) is 0 Å². The van der Waals surface area contributed by atoms with Crippen molar-refractivity contribution in [2.45, 2.75) is 321 Å². The summed E-state index contributed by atoms with van der Waals surface area (Å²) >= 11 is 0. The van der Waals surface area contributed by atoms with Crippen molar-refractivity contribution < 1.29 is 24.9 Å². The van der Waals surface area contributed by atoms with E-state index >= 15 is 0 Å². The normalized spacial score (nSPS) is 15.8. The van der Waals surface area contributed by atoms with E-state index < -0.39 is 23.3 Å². The zero-order valence-electron chi connectivity index (χ0n) is 42.6. The molecule has 2 aliphatic rings. The number of benzene rings is 1. The molecular formula is C59H104O5. The number of hydrogen-bond acceptors (Lipinski definition) is 3. The lowest BCUT2D eigenvalue weighted by Gasteiger charge is -2.37. The van der Waals surface area contributed by atoms with Crippen molar-refractivity contribution in [2.24, 2.45) is 5.41 Å². The molecule has 0 amide bonds. The summed E-state index contributed by atoms with van der Waals surface area (Å²) in [6.45, 7) is 6.65. The van der Waals surface area contributed by atoms with Crippen LogP contribution in [0.1, 0.15) is 336 Å². The largest absolute Gasteiger partial charge is 0.507 e. The van der Waals surface area contributed by atoms with Gasteiger partial charge in [-0.3, -0.25) is 9.59 Å². The van der Waals surface area contributed by atoms with Crippen molar-refractivity contribution in [1.82, 2.24) is 0 Å². The lowest BCUT2D eigenvalue weighted by molar-refractivity contribution is -0.167. The summed E-state index contributed by atoms with van der Waals surface area (Å²) in [6, 6.07) is 2.14. The van der Waals surface area contributed by atoms with Gasteiger partial charge in [0.15, 0.2) is 5.41 Å². The van der Waals surface area contributed by atoms with Crippen molar-refractivity contribution in [1.29, 1.82) is 0 Å². The van der Waals surface area contributed by atoms with Crippen LogP contribution in [0, 0.1) is 12.3 Å². The van der Waals surface area contributed by atoms with Crippen LogP contribution in [0.4, 0.5) is 0 Å². The molecule has 0 radical (unpaired) electrons. The smallest absolute Gasteiger partial charge is 0.321 e. The summed E-state index contributed by atoms with van der Waals surface area (Å²) in [7, 11) is 0. The van der Waals surface area contributed by atoms with E-state index in [0.717, 1.165) is 112 Å². The Bertz CT molecular complexity index is 1330. The number of phenols is 1. The van der Waals surface area contributed by atoms with Crippen LogP contribution in [0.3, 0.4) is 0 Å². The maximum Gasteiger partial charge on any atom is 0.321 e. The molecule has 1 unspecified atom stereocenters. The molecule has 0 bridgehead atoms. The minimum Gasteiger partial charge on any atom is -0.507 e. The zero-order valence-corrected chi connectivity index (χ0v) is 42.6. The Morgan fingerprint density at radius 3 is 1.19 bits per heavy atom. The number of unbranched alkanes of at least 4 members (excludes halogenated alkanes) is 30. The van der Waals surface area contributed by atoms with Crippen molar-refractivity contribution in [2.75, 3.05) is 0 Å². The zero-order chi connectivity index (χ0) is 46.1. The average Bonchev–Trinajstić information content (AvgIpc) is 3.29. The SMILES string of the molecule is CCCCCCCCCCCCCCCCCCC(c1cc(C2CCCCC2)c(O)c(C2CCCCC2)c1C)C(CCCCCCCCCCCCCCCCCC)(C(=O)O)C(=O)O. The van der Waals surface area contributed by atoms with Crippen LogP contribution in [0.15, 0.2) is 6.07 Å². The Balaban J connectivity index is 1.67. The van der Waals surface area contributed by atoms with E-state index in [1.165, 1.54) is 173 Å². The third-order valence-electron chi connectivity index (χ3n) is 16.2. The lowest BCUT2D eigenvalue weighted by atomic mass is 9.64. The van der Waals surface area contributed by atoms with Gasteiger partial charge < -0.3 is 15.3 Å². The highest BCUT2D eigenvalue weighted by Gasteiger charge is 2.53. The van der Waals surface area contributed by atoms with Gasteiger partial charge in [0.1, 0.15) is 5.75 Å². The van der Waals surface area contributed by atoms with E-state index in [-0.39, 0.29) is 18.3 Å². The molecule has 2 saturated carbocycles. The predicted octanol–water partition coefficient (Wildman–Crippen LogP) is 19.3. The first-order valence-electron chi connectivity index (χ1n) is 28.6. The van der Waals surface area contributed by atoms with Crippen LogP contribution in [0.5, 0.6) is 5.75 Å². The predicted molar refractivity (Wildman–Crippen MR) is 273 cm³/mol. The Hall–Kier alpha value is -2.04. The molecule has 2 aliphatic carbocycles. The Labute approximate surface area is 395 Å².